The van der Waals surface area contributed by atoms with Gasteiger partial charge in [-0.25, -0.2) is 0 Å². The Morgan fingerprint density at radius 3 is 3.07 bits per heavy atom. The lowest BCUT2D eigenvalue weighted by atomic mass is 10.3. The van der Waals surface area contributed by atoms with E-state index >= 15 is 0 Å². The summed E-state index contributed by atoms with van der Waals surface area (Å²) in [6, 6.07) is 3.71. The zero-order valence-corrected chi connectivity index (χ0v) is 9.08. The number of carbonyl (C=O) groups is 1. The standard InChI is InChI=1S/C11H18N2O2/c1-2-3-6-13-11(14)9-12-8-10-5-4-7-15-10/h4-5,7,12H,2-3,6,8-9H2,1H3,(H,13,14). The summed E-state index contributed by atoms with van der Waals surface area (Å²) in [5.41, 5.74) is 0. The molecule has 0 aliphatic carbocycles. The van der Waals surface area contributed by atoms with Gasteiger partial charge < -0.3 is 15.1 Å². The van der Waals surface area contributed by atoms with E-state index in [4.69, 9.17) is 4.42 Å². The highest BCUT2D eigenvalue weighted by atomic mass is 16.3. The summed E-state index contributed by atoms with van der Waals surface area (Å²) in [6.07, 6.45) is 3.75. The lowest BCUT2D eigenvalue weighted by Gasteiger charge is -2.04. The SMILES string of the molecule is CCCCNC(=O)CNCc1ccco1. The van der Waals surface area contributed by atoms with Crippen molar-refractivity contribution in [3.63, 3.8) is 0 Å². The van der Waals surface area contributed by atoms with Crippen LogP contribution in [0.25, 0.3) is 0 Å². The van der Waals surface area contributed by atoms with Gasteiger partial charge in [0.1, 0.15) is 5.76 Å². The minimum atomic E-state index is 0.0370. The van der Waals surface area contributed by atoms with E-state index in [1.54, 1.807) is 6.26 Å². The van der Waals surface area contributed by atoms with Gasteiger partial charge in [0.15, 0.2) is 0 Å². The van der Waals surface area contributed by atoms with Crippen LogP contribution in [0.2, 0.25) is 0 Å². The fourth-order valence-corrected chi connectivity index (χ4v) is 1.18. The number of hydrogen-bond acceptors (Lipinski definition) is 3. The van der Waals surface area contributed by atoms with Crippen molar-refractivity contribution in [2.75, 3.05) is 13.1 Å². The van der Waals surface area contributed by atoms with Crippen molar-refractivity contribution in [3.8, 4) is 0 Å². The van der Waals surface area contributed by atoms with Crippen LogP contribution < -0.4 is 10.6 Å². The third-order valence-corrected chi connectivity index (χ3v) is 2.02. The molecule has 1 aromatic rings. The number of carbonyl (C=O) groups excluding carboxylic acids is 1. The maximum atomic E-state index is 11.2. The molecule has 1 rings (SSSR count). The van der Waals surface area contributed by atoms with E-state index in [2.05, 4.69) is 17.6 Å². The van der Waals surface area contributed by atoms with Crippen molar-refractivity contribution in [1.82, 2.24) is 10.6 Å². The Hall–Kier alpha value is -1.29. The van der Waals surface area contributed by atoms with Gasteiger partial charge in [0.25, 0.3) is 0 Å². The molecular formula is C11H18N2O2. The number of furan rings is 1. The van der Waals surface area contributed by atoms with E-state index < -0.39 is 0 Å². The fourth-order valence-electron chi connectivity index (χ4n) is 1.18. The number of amides is 1. The molecule has 84 valence electrons. The van der Waals surface area contributed by atoms with E-state index in [1.807, 2.05) is 12.1 Å². The molecule has 0 radical (unpaired) electrons. The first-order valence-corrected chi connectivity index (χ1v) is 5.32. The second kappa shape index (κ2) is 7.06. The van der Waals surface area contributed by atoms with E-state index in [0.717, 1.165) is 25.1 Å². The third kappa shape index (κ3) is 5.22. The molecule has 1 aromatic heterocycles. The van der Waals surface area contributed by atoms with Crippen LogP contribution in [0.3, 0.4) is 0 Å². The predicted octanol–water partition coefficient (Wildman–Crippen LogP) is 1.29. The second-order valence-corrected chi connectivity index (χ2v) is 3.39. The van der Waals surface area contributed by atoms with Gasteiger partial charge in [0.2, 0.25) is 5.91 Å². The van der Waals surface area contributed by atoms with Gasteiger partial charge in [-0.1, -0.05) is 13.3 Å². The van der Waals surface area contributed by atoms with Gasteiger partial charge in [-0.2, -0.15) is 0 Å². The second-order valence-electron chi connectivity index (χ2n) is 3.39. The smallest absolute Gasteiger partial charge is 0.233 e. The van der Waals surface area contributed by atoms with Gasteiger partial charge in [0.05, 0.1) is 19.4 Å². The van der Waals surface area contributed by atoms with Crippen LogP contribution in [0.5, 0.6) is 0 Å². The number of hydrogen-bond donors (Lipinski definition) is 2. The van der Waals surface area contributed by atoms with Gasteiger partial charge in [0, 0.05) is 6.54 Å². The van der Waals surface area contributed by atoms with Crippen LogP contribution in [0, 0.1) is 0 Å². The Morgan fingerprint density at radius 1 is 1.53 bits per heavy atom. The molecule has 0 aliphatic rings. The van der Waals surface area contributed by atoms with Crippen molar-refractivity contribution in [3.05, 3.63) is 24.2 Å². The minimum absolute atomic E-state index is 0.0370. The third-order valence-electron chi connectivity index (χ3n) is 2.02. The number of rotatable bonds is 7. The van der Waals surface area contributed by atoms with E-state index in [1.165, 1.54) is 0 Å². The molecule has 0 saturated carbocycles. The molecule has 0 unspecified atom stereocenters. The van der Waals surface area contributed by atoms with Crippen LogP contribution in [0.15, 0.2) is 22.8 Å². The maximum Gasteiger partial charge on any atom is 0.233 e. The van der Waals surface area contributed by atoms with Gasteiger partial charge >= 0.3 is 0 Å². The average Bonchev–Trinajstić information content (AvgIpc) is 2.71. The average molecular weight is 210 g/mol. The van der Waals surface area contributed by atoms with E-state index in [-0.39, 0.29) is 5.91 Å². The molecule has 0 fully saturated rings. The molecule has 4 heteroatoms. The van der Waals surface area contributed by atoms with Crippen molar-refractivity contribution in [2.45, 2.75) is 26.3 Å². The molecular weight excluding hydrogens is 192 g/mol. The highest BCUT2D eigenvalue weighted by Crippen LogP contribution is 1.97. The molecule has 0 aromatic carbocycles. The molecule has 0 saturated heterocycles. The maximum absolute atomic E-state index is 11.2. The molecule has 0 atom stereocenters. The van der Waals surface area contributed by atoms with Gasteiger partial charge in [-0.05, 0) is 18.6 Å². The molecule has 0 bridgehead atoms. The highest BCUT2D eigenvalue weighted by Gasteiger charge is 2.00. The molecule has 4 nitrogen and oxygen atoms in total. The largest absolute Gasteiger partial charge is 0.468 e. The summed E-state index contributed by atoms with van der Waals surface area (Å²) >= 11 is 0. The monoisotopic (exact) mass is 210 g/mol. The Kier molecular flexibility index (Phi) is 5.55. The lowest BCUT2D eigenvalue weighted by molar-refractivity contribution is -0.120. The van der Waals surface area contributed by atoms with E-state index in [9.17, 15) is 4.79 Å². The Balaban J connectivity index is 2.02. The topological polar surface area (TPSA) is 54.3 Å². The van der Waals surface area contributed by atoms with E-state index in [0.29, 0.717) is 13.1 Å². The van der Waals surface area contributed by atoms with Crippen LogP contribution in [-0.4, -0.2) is 19.0 Å². The highest BCUT2D eigenvalue weighted by molar-refractivity contribution is 5.77. The fraction of sp³-hybridized carbons (Fsp3) is 0.545. The first kappa shape index (κ1) is 11.8. The first-order valence-electron chi connectivity index (χ1n) is 5.32. The molecule has 2 N–H and O–H groups in total. The normalized spacial score (nSPS) is 10.2. The summed E-state index contributed by atoms with van der Waals surface area (Å²) in [5, 5.41) is 5.84. The first-order chi connectivity index (χ1) is 7.33. The van der Waals surface area contributed by atoms with Crippen LogP contribution in [-0.2, 0) is 11.3 Å². The Bertz CT molecular complexity index is 270. The Labute approximate surface area is 90.0 Å². The summed E-state index contributed by atoms with van der Waals surface area (Å²) in [7, 11) is 0. The van der Waals surface area contributed by atoms with Gasteiger partial charge in [-0.3, -0.25) is 4.79 Å². The quantitative estimate of drug-likeness (QED) is 0.667. The zero-order chi connectivity index (χ0) is 10.9. The summed E-state index contributed by atoms with van der Waals surface area (Å²) in [5.74, 6) is 0.881. The minimum Gasteiger partial charge on any atom is -0.468 e. The number of unbranched alkanes of at least 4 members (excludes halogenated alkanes) is 1. The molecule has 1 amide bonds. The predicted molar refractivity (Wildman–Crippen MR) is 58.3 cm³/mol. The van der Waals surface area contributed by atoms with Crippen molar-refractivity contribution >= 4 is 5.91 Å². The Morgan fingerprint density at radius 2 is 2.40 bits per heavy atom. The number of nitrogens with one attached hydrogen (secondary N) is 2. The summed E-state index contributed by atoms with van der Waals surface area (Å²) in [6.45, 7) is 3.79. The van der Waals surface area contributed by atoms with Crippen molar-refractivity contribution < 1.29 is 9.21 Å². The molecule has 1 heterocycles. The van der Waals surface area contributed by atoms with Crippen molar-refractivity contribution in [1.29, 1.82) is 0 Å². The zero-order valence-electron chi connectivity index (χ0n) is 9.08. The van der Waals surface area contributed by atoms with Gasteiger partial charge in [-0.15, -0.1) is 0 Å². The van der Waals surface area contributed by atoms with Crippen LogP contribution in [0.4, 0.5) is 0 Å². The van der Waals surface area contributed by atoms with Crippen molar-refractivity contribution in [2.24, 2.45) is 0 Å². The molecule has 15 heavy (non-hydrogen) atoms. The molecule has 0 aliphatic heterocycles. The van der Waals surface area contributed by atoms with Crippen LogP contribution >= 0.6 is 0 Å². The summed E-state index contributed by atoms with van der Waals surface area (Å²) in [4.78, 5) is 11.2. The molecule has 0 spiro atoms. The lowest BCUT2D eigenvalue weighted by Crippen LogP contribution is -2.34. The van der Waals surface area contributed by atoms with Crippen LogP contribution in [0.1, 0.15) is 25.5 Å². The summed E-state index contributed by atoms with van der Waals surface area (Å²) < 4.78 is 5.12.